The van der Waals surface area contributed by atoms with Gasteiger partial charge in [-0.25, -0.2) is 0 Å². The highest BCUT2D eigenvalue weighted by Crippen LogP contribution is 2.28. The van der Waals surface area contributed by atoms with Gasteiger partial charge in [0.1, 0.15) is 5.15 Å². The summed E-state index contributed by atoms with van der Waals surface area (Å²) in [5, 5.41) is 5.73. The number of halogens is 1. The highest BCUT2D eigenvalue weighted by Gasteiger charge is 2.14. The van der Waals surface area contributed by atoms with E-state index in [4.69, 9.17) is 11.6 Å². The van der Waals surface area contributed by atoms with Crippen LogP contribution >= 0.6 is 23.4 Å². The van der Waals surface area contributed by atoms with Crippen LogP contribution in [0.5, 0.6) is 0 Å². The third-order valence-corrected chi connectivity index (χ3v) is 4.70. The summed E-state index contributed by atoms with van der Waals surface area (Å²) in [6.07, 6.45) is 0. The molecule has 0 radical (unpaired) electrons. The molecule has 1 rings (SSSR count). The number of thioether (sulfide) groups is 1. The average Bonchev–Trinajstić information content (AvgIpc) is 2.38. The van der Waals surface area contributed by atoms with E-state index in [1.165, 1.54) is 5.56 Å². The van der Waals surface area contributed by atoms with Gasteiger partial charge in [-0.05, 0) is 12.8 Å². The second-order valence-electron chi connectivity index (χ2n) is 4.24. The number of hydrogen-bond acceptors (Lipinski definition) is 2. The first-order valence-electron chi connectivity index (χ1n) is 5.23. The Morgan fingerprint density at radius 2 is 2.00 bits per heavy atom. The van der Waals surface area contributed by atoms with Crippen molar-refractivity contribution in [3.63, 3.8) is 0 Å². The first kappa shape index (κ1) is 12.9. The van der Waals surface area contributed by atoms with Crippen molar-refractivity contribution in [3.05, 3.63) is 16.4 Å². The number of rotatable bonds is 4. The van der Waals surface area contributed by atoms with Gasteiger partial charge in [0.25, 0.3) is 0 Å². The molecule has 86 valence electrons. The number of aromatic nitrogens is 2. The molecule has 0 bridgehead atoms. The lowest BCUT2D eigenvalue weighted by atomic mass is 10.2. The van der Waals surface area contributed by atoms with Crippen LogP contribution in [-0.4, -0.2) is 15.0 Å². The van der Waals surface area contributed by atoms with E-state index in [9.17, 15) is 0 Å². The maximum absolute atomic E-state index is 6.16. The molecule has 1 unspecified atom stereocenters. The van der Waals surface area contributed by atoms with Crippen molar-refractivity contribution in [3.8, 4) is 0 Å². The van der Waals surface area contributed by atoms with Gasteiger partial charge in [-0.1, -0.05) is 32.4 Å². The van der Waals surface area contributed by atoms with E-state index in [0.29, 0.717) is 11.2 Å². The number of aryl methyl sites for hydroxylation is 2. The average molecular weight is 247 g/mol. The van der Waals surface area contributed by atoms with Crippen molar-refractivity contribution < 1.29 is 0 Å². The Hall–Kier alpha value is -0.150. The minimum atomic E-state index is 0.653. The Morgan fingerprint density at radius 1 is 1.40 bits per heavy atom. The minimum absolute atomic E-state index is 0.653. The van der Waals surface area contributed by atoms with E-state index in [1.54, 1.807) is 4.68 Å². The molecule has 0 amide bonds. The highest BCUT2D eigenvalue weighted by atomic mass is 35.5. The molecular weight excluding hydrogens is 228 g/mol. The lowest BCUT2D eigenvalue weighted by Gasteiger charge is -2.14. The Morgan fingerprint density at radius 3 is 2.40 bits per heavy atom. The summed E-state index contributed by atoms with van der Waals surface area (Å²) >= 11 is 8.11. The van der Waals surface area contributed by atoms with Gasteiger partial charge >= 0.3 is 0 Å². The minimum Gasteiger partial charge on any atom is -0.257 e. The predicted octanol–water partition coefficient (Wildman–Crippen LogP) is 3.66. The molecule has 1 aromatic rings. The number of nitrogens with zero attached hydrogens (tertiary/aromatic N) is 2. The molecule has 2 nitrogen and oxygen atoms in total. The molecule has 0 saturated heterocycles. The van der Waals surface area contributed by atoms with Crippen LogP contribution in [0, 0.1) is 12.8 Å². The van der Waals surface area contributed by atoms with Gasteiger partial charge in [-0.3, -0.25) is 4.68 Å². The summed E-state index contributed by atoms with van der Waals surface area (Å²) in [6, 6.07) is 0. The first-order valence-corrected chi connectivity index (χ1v) is 6.65. The molecule has 0 N–H and O–H groups in total. The van der Waals surface area contributed by atoms with E-state index >= 15 is 0 Å². The maximum atomic E-state index is 6.16. The zero-order valence-electron chi connectivity index (χ0n) is 10.0. The summed E-state index contributed by atoms with van der Waals surface area (Å²) in [6.45, 7) is 8.77. The van der Waals surface area contributed by atoms with Crippen LogP contribution in [0.25, 0.3) is 0 Å². The normalized spacial score (nSPS) is 13.5. The van der Waals surface area contributed by atoms with Crippen molar-refractivity contribution in [2.24, 2.45) is 13.0 Å². The van der Waals surface area contributed by atoms with Crippen molar-refractivity contribution in [1.82, 2.24) is 9.78 Å². The quantitative estimate of drug-likeness (QED) is 0.807. The molecule has 1 atom stereocenters. The molecule has 0 spiro atoms. The summed E-state index contributed by atoms with van der Waals surface area (Å²) in [5.41, 5.74) is 2.22. The van der Waals surface area contributed by atoms with Gasteiger partial charge < -0.3 is 0 Å². The van der Waals surface area contributed by atoms with Crippen LogP contribution in [0.2, 0.25) is 5.15 Å². The van der Waals surface area contributed by atoms with Crippen molar-refractivity contribution >= 4 is 23.4 Å². The molecule has 15 heavy (non-hydrogen) atoms. The van der Waals surface area contributed by atoms with Gasteiger partial charge in [0.2, 0.25) is 0 Å². The van der Waals surface area contributed by atoms with Crippen LogP contribution in [0.15, 0.2) is 0 Å². The fourth-order valence-electron chi connectivity index (χ4n) is 1.25. The fraction of sp³-hybridized carbons (Fsp3) is 0.727. The first-order chi connectivity index (χ1) is 6.93. The monoisotopic (exact) mass is 246 g/mol. The van der Waals surface area contributed by atoms with E-state index in [1.807, 2.05) is 25.7 Å². The van der Waals surface area contributed by atoms with Gasteiger partial charge in [-0.2, -0.15) is 16.9 Å². The Kier molecular flexibility index (Phi) is 4.53. The summed E-state index contributed by atoms with van der Waals surface area (Å²) < 4.78 is 1.74. The summed E-state index contributed by atoms with van der Waals surface area (Å²) in [7, 11) is 1.88. The van der Waals surface area contributed by atoms with Gasteiger partial charge in [0, 0.05) is 23.6 Å². The van der Waals surface area contributed by atoms with Crippen LogP contribution in [0.1, 0.15) is 32.0 Å². The van der Waals surface area contributed by atoms with Gasteiger partial charge in [-0.15, -0.1) is 0 Å². The Bertz CT molecular complexity index is 334. The zero-order valence-corrected chi connectivity index (χ0v) is 11.6. The largest absolute Gasteiger partial charge is 0.257 e. The molecule has 1 aromatic heterocycles. The molecule has 0 aliphatic heterocycles. The maximum Gasteiger partial charge on any atom is 0.131 e. The third kappa shape index (κ3) is 3.15. The molecule has 0 saturated carbocycles. The number of hydrogen-bond donors (Lipinski definition) is 0. The predicted molar refractivity (Wildman–Crippen MR) is 68.6 cm³/mol. The third-order valence-electron chi connectivity index (χ3n) is 2.70. The Balaban J connectivity index is 2.65. The molecule has 0 fully saturated rings. The molecule has 0 aliphatic carbocycles. The van der Waals surface area contributed by atoms with Crippen LogP contribution in [0.4, 0.5) is 0 Å². The van der Waals surface area contributed by atoms with Gasteiger partial charge in [0.05, 0.1) is 5.69 Å². The van der Waals surface area contributed by atoms with Gasteiger partial charge in [0.15, 0.2) is 0 Å². The molecule has 4 heteroatoms. The van der Waals surface area contributed by atoms with E-state index in [0.717, 1.165) is 16.6 Å². The molecule has 1 heterocycles. The van der Waals surface area contributed by atoms with Crippen LogP contribution in [-0.2, 0) is 12.8 Å². The van der Waals surface area contributed by atoms with E-state index in [-0.39, 0.29) is 0 Å². The van der Waals surface area contributed by atoms with E-state index in [2.05, 4.69) is 25.9 Å². The lowest BCUT2D eigenvalue weighted by Crippen LogP contribution is -2.06. The molecule has 0 aliphatic rings. The zero-order chi connectivity index (χ0) is 11.6. The molecule has 0 aromatic carbocycles. The lowest BCUT2D eigenvalue weighted by molar-refractivity contribution is 0.642. The van der Waals surface area contributed by atoms with Crippen LogP contribution in [0.3, 0.4) is 0 Å². The molecular formula is C11H19ClN2S. The second kappa shape index (κ2) is 5.26. The highest BCUT2D eigenvalue weighted by molar-refractivity contribution is 7.99. The standard InChI is InChI=1S/C11H19ClN2S/c1-7(2)9(4)15-6-10-8(3)13-14(5)11(10)12/h7,9H,6H2,1-5H3. The van der Waals surface area contributed by atoms with Crippen molar-refractivity contribution in [2.45, 2.75) is 38.7 Å². The summed E-state index contributed by atoms with van der Waals surface area (Å²) in [4.78, 5) is 0. The van der Waals surface area contributed by atoms with Crippen molar-refractivity contribution in [1.29, 1.82) is 0 Å². The van der Waals surface area contributed by atoms with Crippen LogP contribution < -0.4 is 0 Å². The summed E-state index contributed by atoms with van der Waals surface area (Å²) in [5.74, 6) is 1.66. The topological polar surface area (TPSA) is 17.8 Å². The van der Waals surface area contributed by atoms with E-state index < -0.39 is 0 Å². The second-order valence-corrected chi connectivity index (χ2v) is 5.96. The Labute approximate surface area is 101 Å². The smallest absolute Gasteiger partial charge is 0.131 e. The fourth-order valence-corrected chi connectivity index (χ4v) is 2.73. The SMILES string of the molecule is Cc1nn(C)c(Cl)c1CSC(C)C(C)C. The van der Waals surface area contributed by atoms with Crippen molar-refractivity contribution in [2.75, 3.05) is 0 Å².